The molecule has 0 saturated heterocycles. The van der Waals surface area contributed by atoms with Crippen molar-refractivity contribution in [3.05, 3.63) is 69.7 Å². The molecule has 136 valence electrons. The Morgan fingerprint density at radius 1 is 1.23 bits per heavy atom. The molecular weight excluding hydrogens is 344 g/mol. The van der Waals surface area contributed by atoms with E-state index < -0.39 is 0 Å². The summed E-state index contributed by atoms with van der Waals surface area (Å²) in [4.78, 5) is 14.6. The zero-order chi connectivity index (χ0) is 18.7. The lowest BCUT2D eigenvalue weighted by Crippen LogP contribution is -2.34. The van der Waals surface area contributed by atoms with Crippen molar-refractivity contribution >= 4 is 17.2 Å². The van der Waals surface area contributed by atoms with Gasteiger partial charge in [0.05, 0.1) is 17.4 Å². The highest BCUT2D eigenvalue weighted by molar-refractivity contribution is 7.07. The molecule has 2 aromatic heterocycles. The number of likely N-dealkylation sites (N-methyl/N-ethyl adjacent to an activating group) is 1. The van der Waals surface area contributed by atoms with Gasteiger partial charge in [0, 0.05) is 17.8 Å². The van der Waals surface area contributed by atoms with E-state index in [1.165, 1.54) is 5.56 Å². The second kappa shape index (κ2) is 7.85. The molecule has 26 heavy (non-hydrogen) atoms. The van der Waals surface area contributed by atoms with E-state index in [9.17, 15) is 4.79 Å². The second-order valence-electron chi connectivity index (χ2n) is 6.63. The molecule has 0 aliphatic carbocycles. The summed E-state index contributed by atoms with van der Waals surface area (Å²) in [7, 11) is 4.05. The van der Waals surface area contributed by atoms with Crippen LogP contribution in [-0.4, -0.2) is 41.2 Å². The second-order valence-corrected chi connectivity index (χ2v) is 7.41. The first kappa shape index (κ1) is 18.4. The molecule has 0 aliphatic heterocycles. The molecule has 3 aromatic rings. The summed E-state index contributed by atoms with van der Waals surface area (Å²) in [6, 6.07) is 11.8. The van der Waals surface area contributed by atoms with Gasteiger partial charge in [-0.2, -0.15) is 16.4 Å². The van der Waals surface area contributed by atoms with Gasteiger partial charge in [-0.15, -0.1) is 0 Å². The van der Waals surface area contributed by atoms with Crippen molar-refractivity contribution in [3.63, 3.8) is 0 Å². The fourth-order valence-electron chi connectivity index (χ4n) is 3.00. The number of carbonyl (C=O) groups excluding carboxylic acids is 1. The fourth-order valence-corrected chi connectivity index (χ4v) is 3.71. The third kappa shape index (κ3) is 4.03. The minimum atomic E-state index is -0.0630. The summed E-state index contributed by atoms with van der Waals surface area (Å²) >= 11 is 1.67. The normalized spacial score (nSPS) is 12.3. The number of aromatic nitrogens is 2. The van der Waals surface area contributed by atoms with Gasteiger partial charge in [0.2, 0.25) is 0 Å². The van der Waals surface area contributed by atoms with Gasteiger partial charge in [-0.1, -0.05) is 0 Å². The summed E-state index contributed by atoms with van der Waals surface area (Å²) in [6.45, 7) is 4.56. The summed E-state index contributed by atoms with van der Waals surface area (Å²) in [5.74, 6) is -0.0630. The first-order chi connectivity index (χ1) is 12.5. The SMILES string of the molecule is Cc1cc(C)n(-c2ccc(C(=O)NC[C@@H](c3ccsc3)N(C)C)cc2)n1. The lowest BCUT2D eigenvalue weighted by molar-refractivity contribution is 0.0942. The standard InChI is InChI=1S/C20H24N4OS/c1-14-11-15(2)24(22-14)18-7-5-16(6-8-18)20(25)21-12-19(23(3)4)17-9-10-26-13-17/h5-11,13,19H,12H2,1-4H3,(H,21,25)/t19-/m0/s1. The van der Waals surface area contributed by atoms with Crippen LogP contribution in [0.3, 0.4) is 0 Å². The summed E-state index contributed by atoms with van der Waals surface area (Å²) in [5.41, 5.74) is 4.88. The van der Waals surface area contributed by atoms with Crippen molar-refractivity contribution in [2.24, 2.45) is 0 Å². The Kier molecular flexibility index (Phi) is 5.54. The number of rotatable bonds is 6. The summed E-state index contributed by atoms with van der Waals surface area (Å²) in [6.07, 6.45) is 0. The molecule has 0 spiro atoms. The quantitative estimate of drug-likeness (QED) is 0.723. The van der Waals surface area contributed by atoms with Crippen LogP contribution in [0, 0.1) is 13.8 Å². The van der Waals surface area contributed by atoms with Crippen molar-refractivity contribution in [1.82, 2.24) is 20.0 Å². The minimum absolute atomic E-state index is 0.0630. The van der Waals surface area contributed by atoms with Crippen LogP contribution in [0.2, 0.25) is 0 Å². The topological polar surface area (TPSA) is 50.2 Å². The highest BCUT2D eigenvalue weighted by atomic mass is 32.1. The first-order valence-electron chi connectivity index (χ1n) is 8.56. The van der Waals surface area contributed by atoms with Crippen molar-refractivity contribution in [2.75, 3.05) is 20.6 Å². The molecule has 3 rings (SSSR count). The molecule has 0 saturated carbocycles. The Labute approximate surface area is 158 Å². The first-order valence-corrected chi connectivity index (χ1v) is 9.50. The van der Waals surface area contributed by atoms with Crippen LogP contribution in [-0.2, 0) is 0 Å². The maximum absolute atomic E-state index is 12.5. The molecule has 2 heterocycles. The van der Waals surface area contributed by atoms with E-state index in [1.54, 1.807) is 11.3 Å². The zero-order valence-corrected chi connectivity index (χ0v) is 16.4. The van der Waals surface area contributed by atoms with Crippen molar-refractivity contribution in [2.45, 2.75) is 19.9 Å². The molecule has 1 atom stereocenters. The molecule has 1 N–H and O–H groups in total. The Hall–Kier alpha value is -2.44. The maximum Gasteiger partial charge on any atom is 0.251 e. The Balaban J connectivity index is 1.67. The number of carbonyl (C=O) groups is 1. The number of hydrogen-bond acceptors (Lipinski definition) is 4. The van der Waals surface area contributed by atoms with Gasteiger partial charge >= 0.3 is 0 Å². The molecule has 0 fully saturated rings. The van der Waals surface area contributed by atoms with Gasteiger partial charge in [-0.3, -0.25) is 4.79 Å². The minimum Gasteiger partial charge on any atom is -0.350 e. The largest absolute Gasteiger partial charge is 0.350 e. The number of hydrogen-bond donors (Lipinski definition) is 1. The number of nitrogens with one attached hydrogen (secondary N) is 1. The third-order valence-electron chi connectivity index (χ3n) is 4.39. The predicted molar refractivity (Wildman–Crippen MR) is 106 cm³/mol. The van der Waals surface area contributed by atoms with E-state index in [2.05, 4.69) is 32.1 Å². The Bertz CT molecular complexity index is 866. The van der Waals surface area contributed by atoms with E-state index in [0.29, 0.717) is 12.1 Å². The van der Waals surface area contributed by atoms with Gasteiger partial charge in [0.25, 0.3) is 5.91 Å². The van der Waals surface area contributed by atoms with E-state index >= 15 is 0 Å². The Morgan fingerprint density at radius 3 is 2.50 bits per heavy atom. The number of thiophene rings is 1. The van der Waals surface area contributed by atoms with Crippen LogP contribution in [0.4, 0.5) is 0 Å². The summed E-state index contributed by atoms with van der Waals surface area (Å²) < 4.78 is 1.88. The van der Waals surface area contributed by atoms with Crippen LogP contribution in [0.1, 0.15) is 33.4 Å². The number of aryl methyl sites for hydroxylation is 2. The van der Waals surface area contributed by atoms with Crippen LogP contribution in [0.5, 0.6) is 0 Å². The number of benzene rings is 1. The fraction of sp³-hybridized carbons (Fsp3) is 0.300. The lowest BCUT2D eigenvalue weighted by Gasteiger charge is -2.24. The van der Waals surface area contributed by atoms with E-state index in [-0.39, 0.29) is 11.9 Å². The monoisotopic (exact) mass is 368 g/mol. The zero-order valence-electron chi connectivity index (χ0n) is 15.6. The van der Waals surface area contributed by atoms with Crippen molar-refractivity contribution < 1.29 is 4.79 Å². The van der Waals surface area contributed by atoms with E-state index in [4.69, 9.17) is 0 Å². The average Bonchev–Trinajstić information content (AvgIpc) is 3.24. The van der Waals surface area contributed by atoms with Crippen molar-refractivity contribution in [3.8, 4) is 5.69 Å². The molecule has 1 amide bonds. The predicted octanol–water partition coefficient (Wildman–Crippen LogP) is 3.58. The highest BCUT2D eigenvalue weighted by Crippen LogP contribution is 2.20. The molecule has 0 unspecified atom stereocenters. The van der Waals surface area contributed by atoms with Crippen LogP contribution in [0.15, 0.2) is 47.2 Å². The van der Waals surface area contributed by atoms with Crippen LogP contribution >= 0.6 is 11.3 Å². The smallest absolute Gasteiger partial charge is 0.251 e. The van der Waals surface area contributed by atoms with Crippen molar-refractivity contribution in [1.29, 1.82) is 0 Å². The molecule has 1 aromatic carbocycles. The van der Waals surface area contributed by atoms with Gasteiger partial charge < -0.3 is 10.2 Å². The molecule has 6 heteroatoms. The Morgan fingerprint density at radius 2 is 1.96 bits per heavy atom. The van der Waals surface area contributed by atoms with Gasteiger partial charge in [-0.25, -0.2) is 4.68 Å². The summed E-state index contributed by atoms with van der Waals surface area (Å²) in [5, 5.41) is 11.7. The molecular formula is C20H24N4OS. The van der Waals surface area contributed by atoms with Crippen LogP contribution in [0.25, 0.3) is 5.69 Å². The van der Waals surface area contributed by atoms with E-state index in [1.807, 2.05) is 63.0 Å². The molecule has 0 aliphatic rings. The van der Waals surface area contributed by atoms with Crippen LogP contribution < -0.4 is 5.32 Å². The molecule has 0 bridgehead atoms. The van der Waals surface area contributed by atoms with Gasteiger partial charge in [0.15, 0.2) is 0 Å². The van der Waals surface area contributed by atoms with E-state index in [0.717, 1.165) is 17.1 Å². The third-order valence-corrected chi connectivity index (χ3v) is 5.09. The lowest BCUT2D eigenvalue weighted by atomic mass is 10.1. The van der Waals surface area contributed by atoms with Gasteiger partial charge in [-0.05, 0) is 80.7 Å². The highest BCUT2D eigenvalue weighted by Gasteiger charge is 2.16. The average molecular weight is 369 g/mol. The molecule has 0 radical (unpaired) electrons. The number of amides is 1. The molecule has 5 nitrogen and oxygen atoms in total. The maximum atomic E-state index is 12.5. The van der Waals surface area contributed by atoms with Gasteiger partial charge in [0.1, 0.15) is 0 Å². The number of nitrogens with zero attached hydrogens (tertiary/aromatic N) is 3.